The van der Waals surface area contributed by atoms with Gasteiger partial charge in [-0.05, 0) is 31.4 Å². The third kappa shape index (κ3) is 2.08. The molecule has 0 unspecified atom stereocenters. The van der Waals surface area contributed by atoms with Crippen LogP contribution < -0.4 is 5.32 Å². The van der Waals surface area contributed by atoms with Crippen molar-refractivity contribution >= 4 is 5.69 Å². The van der Waals surface area contributed by atoms with E-state index in [0.717, 1.165) is 19.3 Å². The summed E-state index contributed by atoms with van der Waals surface area (Å²) >= 11 is 0. The first-order valence-electron chi connectivity index (χ1n) is 5.05. The van der Waals surface area contributed by atoms with Crippen LogP contribution in [0.15, 0.2) is 18.3 Å². The third-order valence-corrected chi connectivity index (χ3v) is 2.81. The quantitative estimate of drug-likeness (QED) is 0.776. The summed E-state index contributed by atoms with van der Waals surface area (Å²) in [5.74, 6) is 0. The minimum absolute atomic E-state index is 0.375. The Labute approximate surface area is 88.6 Å². The zero-order valence-corrected chi connectivity index (χ0v) is 8.40. The molecule has 2 rings (SSSR count). The highest BCUT2D eigenvalue weighted by Gasteiger charge is 2.34. The molecule has 1 aliphatic rings. The number of hydrogen-bond acceptors (Lipinski definition) is 4. The number of nitrogens with zero attached hydrogens (tertiary/aromatic N) is 2. The number of nitrogens with one attached hydrogen (secondary N) is 1. The van der Waals surface area contributed by atoms with Crippen molar-refractivity contribution < 1.29 is 5.11 Å². The van der Waals surface area contributed by atoms with E-state index < -0.39 is 5.60 Å². The fraction of sp³-hybridized carbons (Fsp3) is 0.455. The lowest BCUT2D eigenvalue weighted by Crippen LogP contribution is -2.43. The maximum absolute atomic E-state index is 9.87. The molecule has 0 aliphatic heterocycles. The normalized spacial score (nSPS) is 17.6. The van der Waals surface area contributed by atoms with Crippen molar-refractivity contribution in [3.63, 3.8) is 0 Å². The van der Waals surface area contributed by atoms with Gasteiger partial charge in [-0.2, -0.15) is 5.26 Å². The van der Waals surface area contributed by atoms with Gasteiger partial charge in [0.05, 0.1) is 11.3 Å². The molecule has 4 nitrogen and oxygen atoms in total. The first kappa shape index (κ1) is 9.94. The summed E-state index contributed by atoms with van der Waals surface area (Å²) in [5.41, 5.74) is 0.489. The van der Waals surface area contributed by atoms with Gasteiger partial charge in [0.1, 0.15) is 6.07 Å². The molecule has 1 fully saturated rings. The van der Waals surface area contributed by atoms with Crippen molar-refractivity contribution in [1.29, 1.82) is 5.26 Å². The highest BCUT2D eigenvalue weighted by atomic mass is 16.3. The van der Waals surface area contributed by atoms with E-state index in [4.69, 9.17) is 5.26 Å². The van der Waals surface area contributed by atoms with E-state index in [1.165, 1.54) is 0 Å². The molecular formula is C11H13N3O. The summed E-state index contributed by atoms with van der Waals surface area (Å²) in [6.07, 6.45) is 4.34. The predicted molar refractivity (Wildman–Crippen MR) is 56.2 cm³/mol. The second kappa shape index (κ2) is 3.87. The Bertz CT molecular complexity index is 393. The minimum Gasteiger partial charge on any atom is -0.388 e. The van der Waals surface area contributed by atoms with Crippen LogP contribution in [-0.4, -0.2) is 22.2 Å². The molecule has 4 heteroatoms. The molecule has 1 aromatic heterocycles. The fourth-order valence-corrected chi connectivity index (χ4v) is 1.66. The Kier molecular flexibility index (Phi) is 2.57. The Morgan fingerprint density at radius 2 is 2.40 bits per heavy atom. The Balaban J connectivity index is 2.02. The van der Waals surface area contributed by atoms with Gasteiger partial charge in [0.15, 0.2) is 5.69 Å². The molecule has 0 amide bonds. The molecule has 0 spiro atoms. The smallest absolute Gasteiger partial charge is 0.163 e. The van der Waals surface area contributed by atoms with Crippen molar-refractivity contribution in [1.82, 2.24) is 4.98 Å². The van der Waals surface area contributed by atoms with Crippen LogP contribution in [0.3, 0.4) is 0 Å². The van der Waals surface area contributed by atoms with E-state index in [1.807, 2.05) is 6.07 Å². The Hall–Kier alpha value is -1.60. The van der Waals surface area contributed by atoms with Gasteiger partial charge in [0.25, 0.3) is 0 Å². The average molecular weight is 203 g/mol. The highest BCUT2D eigenvalue weighted by Crippen LogP contribution is 2.31. The number of rotatable bonds is 3. The summed E-state index contributed by atoms with van der Waals surface area (Å²) in [5, 5.41) is 21.7. The standard InChI is InChI=1S/C11H13N3O/c12-7-10-9(3-1-6-13-10)14-8-11(15)4-2-5-11/h1,3,6,14-15H,2,4-5,8H2. The summed E-state index contributed by atoms with van der Waals surface area (Å²) in [6.45, 7) is 0.493. The SMILES string of the molecule is N#Cc1ncccc1NCC1(O)CCC1. The van der Waals surface area contributed by atoms with Crippen molar-refractivity contribution in [2.24, 2.45) is 0 Å². The van der Waals surface area contributed by atoms with Crippen molar-refractivity contribution in [3.8, 4) is 6.07 Å². The number of hydrogen-bond donors (Lipinski definition) is 2. The third-order valence-electron chi connectivity index (χ3n) is 2.81. The van der Waals surface area contributed by atoms with Gasteiger partial charge < -0.3 is 10.4 Å². The lowest BCUT2D eigenvalue weighted by atomic mass is 9.80. The molecule has 0 radical (unpaired) electrons. The zero-order valence-electron chi connectivity index (χ0n) is 8.40. The number of aliphatic hydroxyl groups is 1. The van der Waals surface area contributed by atoms with Crippen molar-refractivity contribution in [3.05, 3.63) is 24.0 Å². The minimum atomic E-state index is -0.581. The van der Waals surface area contributed by atoms with Crippen LogP contribution in [0.5, 0.6) is 0 Å². The van der Waals surface area contributed by atoms with Gasteiger partial charge in [-0.15, -0.1) is 0 Å². The van der Waals surface area contributed by atoms with Crippen LogP contribution in [0, 0.1) is 11.3 Å². The van der Waals surface area contributed by atoms with E-state index in [2.05, 4.69) is 10.3 Å². The predicted octanol–water partition coefficient (Wildman–Crippen LogP) is 1.28. The summed E-state index contributed by atoms with van der Waals surface area (Å²) in [6, 6.07) is 5.58. The summed E-state index contributed by atoms with van der Waals surface area (Å²) in [4.78, 5) is 3.94. The lowest BCUT2D eigenvalue weighted by molar-refractivity contribution is -0.0202. The van der Waals surface area contributed by atoms with E-state index >= 15 is 0 Å². The van der Waals surface area contributed by atoms with Gasteiger partial charge in [0, 0.05) is 12.7 Å². The maximum atomic E-state index is 9.87. The lowest BCUT2D eigenvalue weighted by Gasteiger charge is -2.36. The van der Waals surface area contributed by atoms with Crippen LogP contribution in [0.25, 0.3) is 0 Å². The Morgan fingerprint density at radius 1 is 1.60 bits per heavy atom. The number of pyridine rings is 1. The largest absolute Gasteiger partial charge is 0.388 e. The van der Waals surface area contributed by atoms with Crippen LogP contribution in [-0.2, 0) is 0 Å². The van der Waals surface area contributed by atoms with Crippen LogP contribution in [0.2, 0.25) is 0 Å². The van der Waals surface area contributed by atoms with Crippen LogP contribution in [0.1, 0.15) is 25.0 Å². The van der Waals surface area contributed by atoms with Crippen LogP contribution in [0.4, 0.5) is 5.69 Å². The maximum Gasteiger partial charge on any atom is 0.163 e. The highest BCUT2D eigenvalue weighted by molar-refractivity contribution is 5.53. The molecule has 15 heavy (non-hydrogen) atoms. The molecule has 78 valence electrons. The molecular weight excluding hydrogens is 190 g/mol. The second-order valence-corrected chi connectivity index (χ2v) is 3.94. The number of aromatic nitrogens is 1. The van der Waals surface area contributed by atoms with Crippen molar-refractivity contribution in [2.75, 3.05) is 11.9 Å². The number of anilines is 1. The monoisotopic (exact) mass is 203 g/mol. The van der Waals surface area contributed by atoms with E-state index in [0.29, 0.717) is 17.9 Å². The fourth-order valence-electron chi connectivity index (χ4n) is 1.66. The molecule has 0 atom stereocenters. The number of nitriles is 1. The first-order chi connectivity index (χ1) is 7.23. The summed E-state index contributed by atoms with van der Waals surface area (Å²) in [7, 11) is 0. The first-order valence-corrected chi connectivity index (χ1v) is 5.05. The molecule has 1 heterocycles. The van der Waals surface area contributed by atoms with Gasteiger partial charge in [-0.1, -0.05) is 0 Å². The topological polar surface area (TPSA) is 68.9 Å². The van der Waals surface area contributed by atoms with Crippen LogP contribution >= 0.6 is 0 Å². The van der Waals surface area contributed by atoms with E-state index in [9.17, 15) is 5.11 Å². The molecule has 1 aliphatic carbocycles. The Morgan fingerprint density at radius 3 is 3.00 bits per heavy atom. The molecule has 1 saturated carbocycles. The summed E-state index contributed by atoms with van der Waals surface area (Å²) < 4.78 is 0. The van der Waals surface area contributed by atoms with Gasteiger partial charge >= 0.3 is 0 Å². The average Bonchev–Trinajstić information content (AvgIpc) is 2.24. The second-order valence-electron chi connectivity index (χ2n) is 3.94. The van der Waals surface area contributed by atoms with E-state index in [-0.39, 0.29) is 0 Å². The van der Waals surface area contributed by atoms with Crippen molar-refractivity contribution in [2.45, 2.75) is 24.9 Å². The molecule has 0 aromatic carbocycles. The molecule has 0 saturated heterocycles. The van der Waals surface area contributed by atoms with Gasteiger partial charge in [-0.3, -0.25) is 0 Å². The molecule has 1 aromatic rings. The van der Waals surface area contributed by atoms with Gasteiger partial charge in [0.2, 0.25) is 0 Å². The molecule has 2 N–H and O–H groups in total. The zero-order chi connectivity index (χ0) is 10.7. The van der Waals surface area contributed by atoms with E-state index in [1.54, 1.807) is 18.3 Å². The van der Waals surface area contributed by atoms with Gasteiger partial charge in [-0.25, -0.2) is 4.98 Å². The molecule has 0 bridgehead atoms.